The first-order chi connectivity index (χ1) is 7.10. The second kappa shape index (κ2) is 4.94. The first kappa shape index (κ1) is 11.7. The summed E-state index contributed by atoms with van der Waals surface area (Å²) >= 11 is 0. The topological polar surface area (TPSA) is 46.5 Å². The van der Waals surface area contributed by atoms with Crippen molar-refractivity contribution in [2.24, 2.45) is 0 Å². The quantitative estimate of drug-likeness (QED) is 0.774. The van der Waals surface area contributed by atoms with Crippen molar-refractivity contribution < 1.29 is 14.6 Å². The third-order valence-electron chi connectivity index (χ3n) is 2.37. The number of methoxy groups -OCH3 is 1. The number of ether oxygens (including phenoxy) is 1. The molecule has 0 bridgehead atoms. The molecule has 0 atom stereocenters. The zero-order chi connectivity index (χ0) is 11.4. The first-order valence-electron chi connectivity index (χ1n) is 4.92. The molecule has 1 aromatic carbocycles. The van der Waals surface area contributed by atoms with Gasteiger partial charge in [0.25, 0.3) is 0 Å². The highest BCUT2D eigenvalue weighted by atomic mass is 16.5. The van der Waals surface area contributed by atoms with Crippen LogP contribution in [0.1, 0.15) is 41.3 Å². The predicted octanol–water partition coefficient (Wildman–Crippen LogP) is 2.09. The molecule has 1 aromatic rings. The van der Waals surface area contributed by atoms with Crippen LogP contribution in [0, 0.1) is 0 Å². The molecule has 1 N–H and O–H groups in total. The van der Waals surface area contributed by atoms with Crippen LogP contribution in [-0.2, 0) is 11.3 Å². The Balaban J connectivity index is 3.15. The van der Waals surface area contributed by atoms with Crippen LogP contribution in [0.4, 0.5) is 0 Å². The fourth-order valence-electron chi connectivity index (χ4n) is 1.41. The van der Waals surface area contributed by atoms with Crippen molar-refractivity contribution in [1.82, 2.24) is 0 Å². The van der Waals surface area contributed by atoms with E-state index in [9.17, 15) is 4.79 Å². The molecule has 0 aliphatic heterocycles. The molecule has 0 fully saturated rings. The summed E-state index contributed by atoms with van der Waals surface area (Å²) in [6.07, 6.45) is 0. The Bertz CT molecular complexity index is 356. The SMILES string of the molecule is COC(=O)c1ccc(C(C)C)cc1CO. The minimum Gasteiger partial charge on any atom is -0.465 e. The van der Waals surface area contributed by atoms with E-state index in [2.05, 4.69) is 18.6 Å². The van der Waals surface area contributed by atoms with Crippen LogP contribution in [0.15, 0.2) is 18.2 Å². The van der Waals surface area contributed by atoms with E-state index < -0.39 is 5.97 Å². The molecule has 0 radical (unpaired) electrons. The zero-order valence-electron chi connectivity index (χ0n) is 9.28. The largest absolute Gasteiger partial charge is 0.465 e. The van der Waals surface area contributed by atoms with E-state index in [4.69, 9.17) is 5.11 Å². The Morgan fingerprint density at radius 3 is 2.60 bits per heavy atom. The number of hydrogen-bond acceptors (Lipinski definition) is 3. The van der Waals surface area contributed by atoms with Crippen molar-refractivity contribution in [3.63, 3.8) is 0 Å². The van der Waals surface area contributed by atoms with Gasteiger partial charge in [-0.1, -0.05) is 26.0 Å². The van der Waals surface area contributed by atoms with Crippen LogP contribution in [0.2, 0.25) is 0 Å². The normalized spacial score (nSPS) is 10.5. The van der Waals surface area contributed by atoms with E-state index in [1.807, 2.05) is 12.1 Å². The molecular formula is C12H16O3. The van der Waals surface area contributed by atoms with Crippen molar-refractivity contribution in [2.45, 2.75) is 26.4 Å². The number of hydrogen-bond donors (Lipinski definition) is 1. The van der Waals surface area contributed by atoms with Gasteiger partial charge in [0.1, 0.15) is 0 Å². The van der Waals surface area contributed by atoms with Gasteiger partial charge in [-0.05, 0) is 23.1 Å². The van der Waals surface area contributed by atoms with Crippen LogP contribution in [0.3, 0.4) is 0 Å². The van der Waals surface area contributed by atoms with Gasteiger partial charge in [0.15, 0.2) is 0 Å². The molecule has 3 heteroatoms. The van der Waals surface area contributed by atoms with E-state index in [1.54, 1.807) is 6.07 Å². The van der Waals surface area contributed by atoms with Crippen molar-refractivity contribution in [1.29, 1.82) is 0 Å². The number of rotatable bonds is 3. The first-order valence-corrected chi connectivity index (χ1v) is 4.92. The molecule has 0 saturated carbocycles. The summed E-state index contributed by atoms with van der Waals surface area (Å²) in [6.45, 7) is 3.98. The molecule has 0 amide bonds. The second-order valence-corrected chi connectivity index (χ2v) is 3.72. The minimum atomic E-state index is -0.408. The summed E-state index contributed by atoms with van der Waals surface area (Å²) in [7, 11) is 1.33. The van der Waals surface area contributed by atoms with Crippen molar-refractivity contribution in [3.8, 4) is 0 Å². The van der Waals surface area contributed by atoms with Crippen LogP contribution >= 0.6 is 0 Å². The molecule has 82 valence electrons. The average molecular weight is 208 g/mol. The van der Waals surface area contributed by atoms with Crippen molar-refractivity contribution in [2.75, 3.05) is 7.11 Å². The molecule has 0 aliphatic carbocycles. The van der Waals surface area contributed by atoms with Gasteiger partial charge in [0.05, 0.1) is 19.3 Å². The van der Waals surface area contributed by atoms with Crippen molar-refractivity contribution >= 4 is 5.97 Å². The predicted molar refractivity (Wildman–Crippen MR) is 57.8 cm³/mol. The number of carbonyl (C=O) groups is 1. The molecule has 0 saturated heterocycles. The number of esters is 1. The fourth-order valence-corrected chi connectivity index (χ4v) is 1.41. The summed E-state index contributed by atoms with van der Waals surface area (Å²) in [5, 5.41) is 9.16. The van der Waals surface area contributed by atoms with Crippen LogP contribution < -0.4 is 0 Å². The molecule has 0 heterocycles. The monoisotopic (exact) mass is 208 g/mol. The van der Waals surface area contributed by atoms with Crippen LogP contribution in [0.25, 0.3) is 0 Å². The number of aliphatic hydroxyl groups excluding tert-OH is 1. The number of benzene rings is 1. The van der Waals surface area contributed by atoms with E-state index in [1.165, 1.54) is 7.11 Å². The zero-order valence-corrected chi connectivity index (χ0v) is 9.28. The highest BCUT2D eigenvalue weighted by molar-refractivity contribution is 5.91. The van der Waals surface area contributed by atoms with Gasteiger partial charge in [-0.25, -0.2) is 4.79 Å². The molecule has 0 spiro atoms. The van der Waals surface area contributed by atoms with Gasteiger partial charge in [0.2, 0.25) is 0 Å². The lowest BCUT2D eigenvalue weighted by Gasteiger charge is -2.10. The lowest BCUT2D eigenvalue weighted by atomic mass is 9.97. The Kier molecular flexibility index (Phi) is 3.86. The lowest BCUT2D eigenvalue weighted by Crippen LogP contribution is -2.06. The van der Waals surface area contributed by atoms with Gasteiger partial charge in [-0.15, -0.1) is 0 Å². The number of carbonyl (C=O) groups excluding carboxylic acids is 1. The Hall–Kier alpha value is -1.35. The molecule has 1 rings (SSSR count). The Morgan fingerprint density at radius 1 is 1.47 bits per heavy atom. The molecule has 0 aliphatic rings. The van der Waals surface area contributed by atoms with Gasteiger partial charge in [0, 0.05) is 0 Å². The molecule has 0 aromatic heterocycles. The summed E-state index contributed by atoms with van der Waals surface area (Å²) in [5.41, 5.74) is 2.16. The maximum absolute atomic E-state index is 11.3. The van der Waals surface area contributed by atoms with Gasteiger partial charge in [-0.2, -0.15) is 0 Å². The van der Waals surface area contributed by atoms with E-state index in [-0.39, 0.29) is 6.61 Å². The molecule has 15 heavy (non-hydrogen) atoms. The Morgan fingerprint density at radius 2 is 2.13 bits per heavy atom. The molecule has 0 unspecified atom stereocenters. The molecule has 3 nitrogen and oxygen atoms in total. The molecular weight excluding hydrogens is 192 g/mol. The maximum Gasteiger partial charge on any atom is 0.338 e. The van der Waals surface area contributed by atoms with E-state index in [0.29, 0.717) is 17.0 Å². The lowest BCUT2D eigenvalue weighted by molar-refractivity contribution is 0.0597. The van der Waals surface area contributed by atoms with Gasteiger partial charge < -0.3 is 9.84 Å². The highest BCUT2D eigenvalue weighted by Gasteiger charge is 2.12. The Labute approximate surface area is 89.7 Å². The number of aliphatic hydroxyl groups is 1. The summed E-state index contributed by atoms with van der Waals surface area (Å²) in [4.78, 5) is 11.3. The van der Waals surface area contributed by atoms with Crippen LogP contribution in [0.5, 0.6) is 0 Å². The average Bonchev–Trinajstić information content (AvgIpc) is 2.27. The third kappa shape index (κ3) is 2.57. The standard InChI is InChI=1S/C12H16O3/c1-8(2)9-4-5-11(12(14)15-3)10(6-9)7-13/h4-6,8,13H,7H2,1-3H3. The van der Waals surface area contributed by atoms with Gasteiger partial charge in [-0.3, -0.25) is 0 Å². The fraction of sp³-hybridized carbons (Fsp3) is 0.417. The van der Waals surface area contributed by atoms with Gasteiger partial charge >= 0.3 is 5.97 Å². The van der Waals surface area contributed by atoms with Crippen LogP contribution in [-0.4, -0.2) is 18.2 Å². The smallest absolute Gasteiger partial charge is 0.338 e. The maximum atomic E-state index is 11.3. The van der Waals surface area contributed by atoms with E-state index >= 15 is 0 Å². The highest BCUT2D eigenvalue weighted by Crippen LogP contribution is 2.19. The second-order valence-electron chi connectivity index (χ2n) is 3.72. The summed E-state index contributed by atoms with van der Waals surface area (Å²) < 4.78 is 4.63. The third-order valence-corrected chi connectivity index (χ3v) is 2.37. The van der Waals surface area contributed by atoms with E-state index in [0.717, 1.165) is 5.56 Å². The minimum absolute atomic E-state index is 0.148. The van der Waals surface area contributed by atoms with Crippen molar-refractivity contribution in [3.05, 3.63) is 34.9 Å². The summed E-state index contributed by atoms with van der Waals surface area (Å²) in [6, 6.07) is 5.43. The summed E-state index contributed by atoms with van der Waals surface area (Å²) in [5.74, 6) is -0.0312.